The van der Waals surface area contributed by atoms with Crippen molar-refractivity contribution < 1.29 is 4.74 Å². The number of hydrogen-bond acceptors (Lipinski definition) is 2. The Morgan fingerprint density at radius 2 is 2.15 bits per heavy atom. The van der Waals surface area contributed by atoms with Gasteiger partial charge in [0.05, 0.1) is 12.4 Å². The average molecular weight is 178 g/mol. The van der Waals surface area contributed by atoms with Crippen LogP contribution in [-0.2, 0) is 0 Å². The first kappa shape index (κ1) is 9.58. The summed E-state index contributed by atoms with van der Waals surface area (Å²) in [5.74, 6) is 1.31. The zero-order valence-electron chi connectivity index (χ0n) is 7.95. The van der Waals surface area contributed by atoms with Gasteiger partial charge in [-0.2, -0.15) is 0 Å². The number of nitrogens with two attached hydrogens (primary N) is 1. The van der Waals surface area contributed by atoms with Crippen LogP contribution in [0, 0.1) is 0 Å². The Labute approximate surface area is 78.2 Å². The van der Waals surface area contributed by atoms with E-state index >= 15 is 0 Å². The van der Waals surface area contributed by atoms with E-state index in [1.165, 1.54) is 0 Å². The summed E-state index contributed by atoms with van der Waals surface area (Å²) in [6, 6.07) is 7.58. The smallest absolute Gasteiger partial charge is 0.144 e. The molecule has 3 heteroatoms. The number of benzene rings is 1. The van der Waals surface area contributed by atoms with Crippen LogP contribution in [0.3, 0.4) is 0 Å². The first-order chi connectivity index (χ1) is 6.24. The lowest BCUT2D eigenvalue weighted by molar-refractivity contribution is 0.341. The molecule has 0 aromatic heterocycles. The van der Waals surface area contributed by atoms with Crippen LogP contribution in [0.4, 0.5) is 5.69 Å². The molecule has 13 heavy (non-hydrogen) atoms. The summed E-state index contributed by atoms with van der Waals surface area (Å²) in [6.07, 6.45) is 0. The molecule has 2 N–H and O–H groups in total. The number of para-hydroxylation sites is 2. The van der Waals surface area contributed by atoms with Gasteiger partial charge in [0.2, 0.25) is 0 Å². The summed E-state index contributed by atoms with van der Waals surface area (Å²) in [5, 5.41) is 0. The molecule has 0 spiro atoms. The standard InChI is InChI=1S/C10H14N2O/c1-3-13-10-7-5-4-6-9(10)12-8(2)11/h4-7H,3H2,1-2H3,(H2,11,12). The van der Waals surface area contributed by atoms with Crippen LogP contribution in [0.1, 0.15) is 13.8 Å². The zero-order chi connectivity index (χ0) is 9.68. The van der Waals surface area contributed by atoms with Crippen LogP contribution in [0.2, 0.25) is 0 Å². The van der Waals surface area contributed by atoms with Crippen molar-refractivity contribution in [2.45, 2.75) is 13.8 Å². The van der Waals surface area contributed by atoms with E-state index in [1.807, 2.05) is 31.2 Å². The molecule has 0 fully saturated rings. The predicted molar refractivity (Wildman–Crippen MR) is 54.6 cm³/mol. The Morgan fingerprint density at radius 3 is 2.77 bits per heavy atom. The highest BCUT2D eigenvalue weighted by molar-refractivity contribution is 5.81. The minimum Gasteiger partial charge on any atom is -0.492 e. The Bertz CT molecular complexity index is 304. The third-order valence-electron chi connectivity index (χ3n) is 1.46. The monoisotopic (exact) mass is 178 g/mol. The SMILES string of the molecule is CCOc1ccccc1N=C(C)N. The summed E-state index contributed by atoms with van der Waals surface area (Å²) in [7, 11) is 0. The molecule has 70 valence electrons. The molecule has 1 rings (SSSR count). The molecular formula is C10H14N2O. The lowest BCUT2D eigenvalue weighted by atomic mass is 10.3. The molecule has 0 atom stereocenters. The van der Waals surface area contributed by atoms with Gasteiger partial charge in [-0.15, -0.1) is 0 Å². The largest absolute Gasteiger partial charge is 0.492 e. The molecule has 0 unspecified atom stereocenters. The van der Waals surface area contributed by atoms with Gasteiger partial charge < -0.3 is 10.5 Å². The van der Waals surface area contributed by atoms with Crippen molar-refractivity contribution in [3.8, 4) is 5.75 Å². The molecule has 0 amide bonds. The van der Waals surface area contributed by atoms with Crippen LogP contribution in [0.15, 0.2) is 29.3 Å². The Morgan fingerprint density at radius 1 is 1.46 bits per heavy atom. The van der Waals surface area contributed by atoms with Crippen molar-refractivity contribution in [3.05, 3.63) is 24.3 Å². The van der Waals surface area contributed by atoms with Gasteiger partial charge in [0.1, 0.15) is 11.4 Å². The third kappa shape index (κ3) is 2.78. The maximum Gasteiger partial charge on any atom is 0.144 e. The summed E-state index contributed by atoms with van der Waals surface area (Å²) in [6.45, 7) is 4.33. The van der Waals surface area contributed by atoms with Crippen molar-refractivity contribution in [1.82, 2.24) is 0 Å². The van der Waals surface area contributed by atoms with Crippen molar-refractivity contribution >= 4 is 11.5 Å². The van der Waals surface area contributed by atoms with E-state index in [0.717, 1.165) is 11.4 Å². The van der Waals surface area contributed by atoms with E-state index in [0.29, 0.717) is 12.4 Å². The molecule has 0 aliphatic rings. The van der Waals surface area contributed by atoms with Crippen molar-refractivity contribution in [2.24, 2.45) is 10.7 Å². The second-order valence-electron chi connectivity index (χ2n) is 2.65. The quantitative estimate of drug-likeness (QED) is 0.569. The van der Waals surface area contributed by atoms with E-state index in [9.17, 15) is 0 Å². The number of ether oxygens (including phenoxy) is 1. The molecule has 0 saturated carbocycles. The second-order valence-corrected chi connectivity index (χ2v) is 2.65. The highest BCUT2D eigenvalue weighted by atomic mass is 16.5. The fourth-order valence-corrected chi connectivity index (χ4v) is 1.02. The second kappa shape index (κ2) is 4.50. The molecule has 0 saturated heterocycles. The lowest BCUT2D eigenvalue weighted by Crippen LogP contribution is -2.04. The normalized spacial score (nSPS) is 11.4. The third-order valence-corrected chi connectivity index (χ3v) is 1.46. The Hall–Kier alpha value is -1.51. The lowest BCUT2D eigenvalue weighted by Gasteiger charge is -2.05. The van der Waals surface area contributed by atoms with Gasteiger partial charge in [-0.05, 0) is 26.0 Å². The number of aliphatic imine (C=N–C) groups is 1. The number of rotatable bonds is 3. The summed E-state index contributed by atoms with van der Waals surface area (Å²) in [4.78, 5) is 4.15. The Kier molecular flexibility index (Phi) is 3.31. The molecule has 0 radical (unpaired) electrons. The highest BCUT2D eigenvalue weighted by Gasteiger charge is 1.99. The fourth-order valence-electron chi connectivity index (χ4n) is 1.02. The topological polar surface area (TPSA) is 47.6 Å². The highest BCUT2D eigenvalue weighted by Crippen LogP contribution is 2.26. The van der Waals surface area contributed by atoms with Gasteiger partial charge in [-0.25, -0.2) is 4.99 Å². The maximum absolute atomic E-state index is 5.48. The molecule has 0 aliphatic carbocycles. The van der Waals surface area contributed by atoms with E-state index in [1.54, 1.807) is 6.92 Å². The van der Waals surface area contributed by atoms with Crippen molar-refractivity contribution in [3.63, 3.8) is 0 Å². The first-order valence-electron chi connectivity index (χ1n) is 4.26. The summed E-state index contributed by atoms with van der Waals surface area (Å²) >= 11 is 0. The number of hydrogen-bond donors (Lipinski definition) is 1. The van der Waals surface area contributed by atoms with Crippen LogP contribution < -0.4 is 10.5 Å². The van der Waals surface area contributed by atoms with Gasteiger partial charge in [0.25, 0.3) is 0 Å². The van der Waals surface area contributed by atoms with Gasteiger partial charge >= 0.3 is 0 Å². The molecule has 1 aromatic carbocycles. The van der Waals surface area contributed by atoms with E-state index in [4.69, 9.17) is 10.5 Å². The zero-order valence-corrected chi connectivity index (χ0v) is 7.95. The minimum atomic E-state index is 0.534. The van der Waals surface area contributed by atoms with Gasteiger partial charge in [-0.1, -0.05) is 12.1 Å². The van der Waals surface area contributed by atoms with E-state index in [2.05, 4.69) is 4.99 Å². The number of nitrogens with zero attached hydrogens (tertiary/aromatic N) is 1. The van der Waals surface area contributed by atoms with Crippen LogP contribution in [-0.4, -0.2) is 12.4 Å². The van der Waals surface area contributed by atoms with Crippen LogP contribution >= 0.6 is 0 Å². The van der Waals surface area contributed by atoms with Crippen LogP contribution in [0.25, 0.3) is 0 Å². The molecule has 0 bridgehead atoms. The van der Waals surface area contributed by atoms with Gasteiger partial charge in [-0.3, -0.25) is 0 Å². The molecule has 1 aromatic rings. The van der Waals surface area contributed by atoms with E-state index < -0.39 is 0 Å². The van der Waals surface area contributed by atoms with Gasteiger partial charge in [0.15, 0.2) is 0 Å². The van der Waals surface area contributed by atoms with E-state index in [-0.39, 0.29) is 0 Å². The predicted octanol–water partition coefficient (Wildman–Crippen LogP) is 2.09. The Balaban J connectivity index is 2.97. The molecule has 3 nitrogen and oxygen atoms in total. The maximum atomic E-state index is 5.48. The van der Waals surface area contributed by atoms with Crippen molar-refractivity contribution in [1.29, 1.82) is 0 Å². The average Bonchev–Trinajstić information content (AvgIpc) is 2.08. The summed E-state index contributed by atoms with van der Waals surface area (Å²) < 4.78 is 5.38. The first-order valence-corrected chi connectivity index (χ1v) is 4.26. The van der Waals surface area contributed by atoms with Gasteiger partial charge in [0, 0.05) is 0 Å². The number of amidine groups is 1. The summed E-state index contributed by atoms with van der Waals surface area (Å²) in [5.41, 5.74) is 6.27. The fraction of sp³-hybridized carbons (Fsp3) is 0.300. The van der Waals surface area contributed by atoms with Crippen molar-refractivity contribution in [2.75, 3.05) is 6.61 Å². The minimum absolute atomic E-state index is 0.534. The molecular weight excluding hydrogens is 164 g/mol. The van der Waals surface area contributed by atoms with Crippen LogP contribution in [0.5, 0.6) is 5.75 Å². The molecule has 0 aliphatic heterocycles. The molecule has 0 heterocycles.